The van der Waals surface area contributed by atoms with E-state index < -0.39 is 12.0 Å². The van der Waals surface area contributed by atoms with E-state index in [1.165, 1.54) is 0 Å². The van der Waals surface area contributed by atoms with Gasteiger partial charge in [-0.25, -0.2) is 0 Å². The van der Waals surface area contributed by atoms with E-state index in [1.54, 1.807) is 0 Å². The Morgan fingerprint density at radius 3 is 2.40 bits per heavy atom. The number of guanidine groups is 1. The second kappa shape index (κ2) is 8.05. The number of nitrogens with two attached hydrogens (primary N) is 3. The summed E-state index contributed by atoms with van der Waals surface area (Å²) in [5.74, 6) is -0.369. The molecule has 0 saturated carbocycles. The Morgan fingerprint density at radius 2 is 1.87 bits per heavy atom. The highest BCUT2D eigenvalue weighted by Crippen LogP contribution is 2.06. The number of hydrogen-bond acceptors (Lipinski definition) is 3. The van der Waals surface area contributed by atoms with Crippen molar-refractivity contribution in [3.63, 3.8) is 0 Å². The number of aliphatic hydroxyl groups is 1. The summed E-state index contributed by atoms with van der Waals surface area (Å²) >= 11 is 0. The van der Waals surface area contributed by atoms with E-state index in [1.807, 2.05) is 0 Å². The molecule has 0 fully saturated rings. The van der Waals surface area contributed by atoms with E-state index in [4.69, 9.17) is 17.2 Å². The number of nitrogens with zero attached hydrogens (tertiary/aromatic N) is 1. The number of carbonyl (C=O) groups is 1. The van der Waals surface area contributed by atoms with Crippen molar-refractivity contribution in [2.75, 3.05) is 6.54 Å². The van der Waals surface area contributed by atoms with Crippen molar-refractivity contribution >= 4 is 11.9 Å². The molecule has 0 saturated heterocycles. The average molecular weight is 216 g/mol. The van der Waals surface area contributed by atoms with Gasteiger partial charge in [0.2, 0.25) is 5.91 Å². The summed E-state index contributed by atoms with van der Waals surface area (Å²) in [6.45, 7) is 0.605. The van der Waals surface area contributed by atoms with Gasteiger partial charge in [-0.2, -0.15) is 0 Å². The van der Waals surface area contributed by atoms with Crippen LogP contribution in [0.3, 0.4) is 0 Å². The van der Waals surface area contributed by atoms with E-state index in [9.17, 15) is 9.90 Å². The second-order valence-corrected chi connectivity index (χ2v) is 3.48. The van der Waals surface area contributed by atoms with Crippen molar-refractivity contribution < 1.29 is 9.90 Å². The van der Waals surface area contributed by atoms with Crippen LogP contribution >= 0.6 is 0 Å². The molecule has 0 aliphatic carbocycles. The molecular weight excluding hydrogens is 196 g/mol. The fourth-order valence-corrected chi connectivity index (χ4v) is 1.21. The molecule has 1 atom stereocenters. The van der Waals surface area contributed by atoms with Crippen molar-refractivity contribution in [3.8, 4) is 0 Å². The lowest BCUT2D eigenvalue weighted by Gasteiger charge is -2.06. The van der Waals surface area contributed by atoms with Gasteiger partial charge in [0.1, 0.15) is 0 Å². The molecule has 0 aromatic carbocycles. The quantitative estimate of drug-likeness (QED) is 0.237. The molecule has 15 heavy (non-hydrogen) atoms. The third-order valence-electron chi connectivity index (χ3n) is 1.93. The molecule has 0 spiro atoms. The molecule has 6 nitrogen and oxygen atoms in total. The first-order valence-electron chi connectivity index (χ1n) is 5.04. The zero-order chi connectivity index (χ0) is 11.7. The molecule has 0 radical (unpaired) electrons. The average Bonchev–Trinajstić information content (AvgIpc) is 2.09. The summed E-state index contributed by atoms with van der Waals surface area (Å²) in [5, 5.41) is 9.30. The molecular formula is C9H20N4O2. The highest BCUT2D eigenvalue weighted by Gasteiger charge is 2.06. The Bertz CT molecular complexity index is 214. The molecule has 1 unspecified atom stereocenters. The number of primary amides is 1. The lowest BCUT2D eigenvalue weighted by atomic mass is 10.1. The molecule has 0 aliphatic heterocycles. The van der Waals surface area contributed by atoms with Gasteiger partial charge in [0.05, 0.1) is 12.5 Å². The van der Waals surface area contributed by atoms with Crippen molar-refractivity contribution in [1.29, 1.82) is 0 Å². The maximum atomic E-state index is 10.4. The molecule has 0 bridgehead atoms. The van der Waals surface area contributed by atoms with Crippen LogP contribution in [0.2, 0.25) is 0 Å². The third kappa shape index (κ3) is 10.6. The predicted octanol–water partition coefficient (Wildman–Crippen LogP) is -0.943. The largest absolute Gasteiger partial charge is 0.393 e. The van der Waals surface area contributed by atoms with Gasteiger partial charge in [-0.05, 0) is 12.8 Å². The van der Waals surface area contributed by atoms with Gasteiger partial charge >= 0.3 is 0 Å². The van der Waals surface area contributed by atoms with Crippen LogP contribution in [0.25, 0.3) is 0 Å². The zero-order valence-electron chi connectivity index (χ0n) is 8.85. The highest BCUT2D eigenvalue weighted by molar-refractivity contribution is 5.75. The third-order valence-corrected chi connectivity index (χ3v) is 1.93. The van der Waals surface area contributed by atoms with Crippen LogP contribution in [0, 0.1) is 0 Å². The van der Waals surface area contributed by atoms with Crippen molar-refractivity contribution in [2.24, 2.45) is 22.2 Å². The van der Waals surface area contributed by atoms with E-state index in [0.29, 0.717) is 13.0 Å². The van der Waals surface area contributed by atoms with Crippen LogP contribution < -0.4 is 17.2 Å². The first-order chi connectivity index (χ1) is 7.02. The molecule has 0 aromatic rings. The maximum absolute atomic E-state index is 10.4. The standard InChI is InChI=1S/C9H20N4O2/c10-8(15)6-7(14)4-2-1-3-5-13-9(11)12/h7,14H,1-6H2,(H2,10,15)(H4,11,12,13). The molecule has 0 aliphatic rings. The Kier molecular flexibility index (Phi) is 7.35. The van der Waals surface area contributed by atoms with Crippen LogP contribution in [0.4, 0.5) is 0 Å². The predicted molar refractivity (Wildman–Crippen MR) is 59.0 cm³/mol. The fraction of sp³-hybridized carbons (Fsp3) is 0.778. The minimum Gasteiger partial charge on any atom is -0.393 e. The molecule has 0 aromatic heterocycles. The van der Waals surface area contributed by atoms with Crippen LogP contribution in [0.1, 0.15) is 32.1 Å². The number of hydrogen-bond donors (Lipinski definition) is 4. The number of aliphatic hydroxyl groups excluding tert-OH is 1. The summed E-state index contributed by atoms with van der Waals surface area (Å²) < 4.78 is 0. The zero-order valence-corrected chi connectivity index (χ0v) is 8.85. The highest BCUT2D eigenvalue weighted by atomic mass is 16.3. The SMILES string of the molecule is NC(=O)CC(O)CCCCCN=C(N)N. The van der Waals surface area contributed by atoms with Crippen molar-refractivity contribution in [2.45, 2.75) is 38.2 Å². The Labute approximate surface area is 89.5 Å². The summed E-state index contributed by atoms with van der Waals surface area (Å²) in [5.41, 5.74) is 15.2. The molecule has 0 rings (SSSR count). The van der Waals surface area contributed by atoms with E-state index >= 15 is 0 Å². The van der Waals surface area contributed by atoms with E-state index in [0.717, 1.165) is 19.3 Å². The Morgan fingerprint density at radius 1 is 1.20 bits per heavy atom. The van der Waals surface area contributed by atoms with Crippen LogP contribution in [0.5, 0.6) is 0 Å². The Hall–Kier alpha value is -1.30. The molecule has 7 N–H and O–H groups in total. The summed E-state index contributed by atoms with van der Waals surface area (Å²) in [7, 11) is 0. The van der Waals surface area contributed by atoms with Gasteiger partial charge in [0, 0.05) is 6.54 Å². The van der Waals surface area contributed by atoms with E-state index in [-0.39, 0.29) is 12.4 Å². The minimum absolute atomic E-state index is 0.0356. The van der Waals surface area contributed by atoms with Gasteiger partial charge in [-0.1, -0.05) is 12.8 Å². The summed E-state index contributed by atoms with van der Waals surface area (Å²) in [6, 6.07) is 0. The smallest absolute Gasteiger partial charge is 0.220 e. The van der Waals surface area contributed by atoms with Gasteiger partial charge in [0.25, 0.3) is 0 Å². The first kappa shape index (κ1) is 13.7. The van der Waals surface area contributed by atoms with Gasteiger partial charge in [0.15, 0.2) is 5.96 Å². The topological polar surface area (TPSA) is 128 Å². The fourth-order valence-electron chi connectivity index (χ4n) is 1.21. The van der Waals surface area contributed by atoms with E-state index in [2.05, 4.69) is 4.99 Å². The molecule has 1 amide bonds. The van der Waals surface area contributed by atoms with Gasteiger partial charge in [-0.3, -0.25) is 9.79 Å². The number of amides is 1. The van der Waals surface area contributed by atoms with Crippen molar-refractivity contribution in [3.05, 3.63) is 0 Å². The number of aliphatic imine (C=N–C) groups is 1. The number of unbranched alkanes of at least 4 members (excludes halogenated alkanes) is 2. The molecule has 6 heteroatoms. The minimum atomic E-state index is -0.620. The normalized spacial score (nSPS) is 12.1. The maximum Gasteiger partial charge on any atom is 0.220 e. The van der Waals surface area contributed by atoms with Gasteiger partial charge in [-0.15, -0.1) is 0 Å². The van der Waals surface area contributed by atoms with Crippen molar-refractivity contribution in [1.82, 2.24) is 0 Å². The van der Waals surface area contributed by atoms with Crippen LogP contribution in [0.15, 0.2) is 4.99 Å². The molecule has 88 valence electrons. The first-order valence-corrected chi connectivity index (χ1v) is 5.04. The second-order valence-electron chi connectivity index (χ2n) is 3.48. The van der Waals surface area contributed by atoms with Crippen LogP contribution in [-0.2, 0) is 4.79 Å². The molecule has 0 heterocycles. The lowest BCUT2D eigenvalue weighted by molar-refractivity contribution is -0.119. The number of rotatable bonds is 8. The Balaban J connectivity index is 3.31. The lowest BCUT2D eigenvalue weighted by Crippen LogP contribution is -2.23. The van der Waals surface area contributed by atoms with Gasteiger partial charge < -0.3 is 22.3 Å². The monoisotopic (exact) mass is 216 g/mol. The summed E-state index contributed by atoms with van der Waals surface area (Å²) in [4.78, 5) is 14.3. The number of carbonyl (C=O) groups excluding carboxylic acids is 1. The summed E-state index contributed by atoms with van der Waals surface area (Å²) in [6.07, 6.45) is 2.64. The van der Waals surface area contributed by atoms with Crippen LogP contribution in [-0.4, -0.2) is 29.6 Å².